The van der Waals surface area contributed by atoms with Crippen molar-refractivity contribution in [3.63, 3.8) is 0 Å². The van der Waals surface area contributed by atoms with Gasteiger partial charge in [0.1, 0.15) is 0 Å². The molecule has 12 heavy (non-hydrogen) atoms. The molecule has 2 atom stereocenters. The minimum Gasteiger partial charge on any atom is -0.481 e. The van der Waals surface area contributed by atoms with Crippen LogP contribution in [0.15, 0.2) is 0 Å². The van der Waals surface area contributed by atoms with Gasteiger partial charge in [0.25, 0.3) is 0 Å². The maximum atomic E-state index is 10.9. The highest BCUT2D eigenvalue weighted by atomic mass is 32.2. The summed E-state index contributed by atoms with van der Waals surface area (Å²) in [5.74, 6) is -0.696. The molecule has 0 aromatic carbocycles. The van der Waals surface area contributed by atoms with E-state index in [9.17, 15) is 4.79 Å². The number of aliphatic carboxylic acids is 1. The van der Waals surface area contributed by atoms with Gasteiger partial charge in [-0.25, -0.2) is 0 Å². The fourth-order valence-electron chi connectivity index (χ4n) is 1.84. The van der Waals surface area contributed by atoms with Crippen LogP contribution in [0.1, 0.15) is 32.1 Å². The highest BCUT2D eigenvalue weighted by Crippen LogP contribution is 2.30. The van der Waals surface area contributed by atoms with Gasteiger partial charge in [0.15, 0.2) is 0 Å². The summed E-state index contributed by atoms with van der Waals surface area (Å²) in [7, 11) is 0. The smallest absolute Gasteiger partial charge is 0.307 e. The van der Waals surface area contributed by atoms with Crippen LogP contribution in [0, 0.1) is 5.92 Å². The molecule has 0 amide bonds. The molecule has 0 bridgehead atoms. The van der Waals surface area contributed by atoms with E-state index in [2.05, 4.69) is 0 Å². The van der Waals surface area contributed by atoms with Gasteiger partial charge in [-0.15, -0.1) is 0 Å². The van der Waals surface area contributed by atoms with E-state index in [4.69, 9.17) is 5.11 Å². The van der Waals surface area contributed by atoms with Crippen LogP contribution in [-0.4, -0.2) is 22.6 Å². The highest BCUT2D eigenvalue weighted by Gasteiger charge is 2.28. The van der Waals surface area contributed by atoms with Crippen molar-refractivity contribution >= 4 is 17.7 Å². The van der Waals surface area contributed by atoms with E-state index >= 15 is 0 Å². The van der Waals surface area contributed by atoms with Crippen molar-refractivity contribution in [2.45, 2.75) is 37.4 Å². The van der Waals surface area contributed by atoms with E-state index in [0.717, 1.165) is 19.3 Å². The number of carbonyl (C=O) groups is 1. The Balaban J connectivity index is 2.57. The summed E-state index contributed by atoms with van der Waals surface area (Å²) in [6.45, 7) is 0. The SMILES string of the molecule is CSC1CCCCCC1C(=O)O. The summed E-state index contributed by atoms with van der Waals surface area (Å²) >= 11 is 1.71. The lowest BCUT2D eigenvalue weighted by Crippen LogP contribution is -2.24. The molecule has 1 saturated carbocycles. The second-order valence-corrected chi connectivity index (χ2v) is 4.43. The third kappa shape index (κ3) is 2.41. The van der Waals surface area contributed by atoms with Crippen molar-refractivity contribution in [2.24, 2.45) is 5.92 Å². The lowest BCUT2D eigenvalue weighted by molar-refractivity contribution is -0.141. The Labute approximate surface area is 77.7 Å². The normalized spacial score (nSPS) is 31.1. The standard InChI is InChI=1S/C9H16O2S/c1-12-8-6-4-2-3-5-7(8)9(10)11/h7-8H,2-6H2,1H3,(H,10,11). The van der Waals surface area contributed by atoms with Crippen molar-refractivity contribution < 1.29 is 9.90 Å². The molecule has 1 aliphatic rings. The maximum absolute atomic E-state index is 10.9. The van der Waals surface area contributed by atoms with Gasteiger partial charge in [-0.3, -0.25) is 4.79 Å². The quantitative estimate of drug-likeness (QED) is 0.676. The molecule has 0 spiro atoms. The predicted molar refractivity (Wildman–Crippen MR) is 51.5 cm³/mol. The molecule has 0 heterocycles. The van der Waals surface area contributed by atoms with Crippen LogP contribution in [0.5, 0.6) is 0 Å². The van der Waals surface area contributed by atoms with Crippen molar-refractivity contribution in [1.82, 2.24) is 0 Å². The fourth-order valence-corrected chi connectivity index (χ4v) is 2.82. The molecule has 0 saturated heterocycles. The Morgan fingerprint density at radius 2 is 2.00 bits per heavy atom. The number of thioether (sulfide) groups is 1. The van der Waals surface area contributed by atoms with Gasteiger partial charge in [-0.1, -0.05) is 19.3 Å². The van der Waals surface area contributed by atoms with Crippen molar-refractivity contribution in [3.05, 3.63) is 0 Å². The van der Waals surface area contributed by atoms with Gasteiger partial charge in [-0.05, 0) is 19.1 Å². The zero-order valence-corrected chi connectivity index (χ0v) is 8.27. The summed E-state index contributed by atoms with van der Waals surface area (Å²) in [4.78, 5) is 10.9. The minimum absolute atomic E-state index is 0.0949. The van der Waals surface area contributed by atoms with Crippen LogP contribution in [-0.2, 0) is 4.79 Å². The highest BCUT2D eigenvalue weighted by molar-refractivity contribution is 7.99. The summed E-state index contributed by atoms with van der Waals surface area (Å²) in [5, 5.41) is 9.30. The van der Waals surface area contributed by atoms with Crippen LogP contribution < -0.4 is 0 Å². The molecule has 1 N–H and O–H groups in total. The first-order valence-corrected chi connectivity index (χ1v) is 5.80. The topological polar surface area (TPSA) is 37.3 Å². The van der Waals surface area contributed by atoms with Gasteiger partial charge in [0.2, 0.25) is 0 Å². The van der Waals surface area contributed by atoms with Gasteiger partial charge in [-0.2, -0.15) is 11.8 Å². The Kier molecular flexibility index (Phi) is 3.92. The number of hydrogen-bond acceptors (Lipinski definition) is 2. The first kappa shape index (κ1) is 9.90. The van der Waals surface area contributed by atoms with Crippen molar-refractivity contribution in [2.75, 3.05) is 6.26 Å². The molecule has 0 aromatic heterocycles. The maximum Gasteiger partial charge on any atom is 0.307 e. The van der Waals surface area contributed by atoms with E-state index in [1.165, 1.54) is 12.8 Å². The van der Waals surface area contributed by atoms with E-state index in [1.807, 2.05) is 6.26 Å². The van der Waals surface area contributed by atoms with Gasteiger partial charge in [0.05, 0.1) is 5.92 Å². The lowest BCUT2D eigenvalue weighted by atomic mass is 10.0. The zero-order chi connectivity index (χ0) is 8.97. The Hall–Kier alpha value is -0.180. The second-order valence-electron chi connectivity index (χ2n) is 3.36. The van der Waals surface area contributed by atoms with Crippen molar-refractivity contribution in [1.29, 1.82) is 0 Å². The molecular weight excluding hydrogens is 172 g/mol. The first-order valence-electron chi connectivity index (χ1n) is 4.51. The summed E-state index contributed by atoms with van der Waals surface area (Å²) < 4.78 is 0. The molecule has 1 rings (SSSR count). The molecule has 0 radical (unpaired) electrons. The van der Waals surface area contributed by atoms with Crippen molar-refractivity contribution in [3.8, 4) is 0 Å². The molecule has 0 aliphatic heterocycles. The first-order chi connectivity index (χ1) is 5.75. The molecular formula is C9H16O2S. The number of rotatable bonds is 2. The van der Waals surface area contributed by atoms with E-state index in [0.29, 0.717) is 5.25 Å². The third-order valence-corrected chi connectivity index (χ3v) is 3.74. The average molecular weight is 188 g/mol. The van der Waals surface area contributed by atoms with Crippen LogP contribution >= 0.6 is 11.8 Å². The van der Waals surface area contributed by atoms with Gasteiger partial charge in [0, 0.05) is 5.25 Å². The molecule has 2 unspecified atom stereocenters. The molecule has 1 aliphatic carbocycles. The molecule has 70 valence electrons. The molecule has 0 aromatic rings. The van der Waals surface area contributed by atoms with Gasteiger partial charge < -0.3 is 5.11 Å². The Morgan fingerprint density at radius 3 is 2.58 bits per heavy atom. The molecule has 1 fully saturated rings. The monoisotopic (exact) mass is 188 g/mol. The number of carboxylic acids is 1. The third-order valence-electron chi connectivity index (χ3n) is 2.57. The van der Waals surface area contributed by atoms with Crippen LogP contribution in [0.3, 0.4) is 0 Å². The number of hydrogen-bond donors (Lipinski definition) is 1. The minimum atomic E-state index is -0.601. The lowest BCUT2D eigenvalue weighted by Gasteiger charge is -2.18. The largest absolute Gasteiger partial charge is 0.481 e. The zero-order valence-electron chi connectivity index (χ0n) is 7.45. The van der Waals surface area contributed by atoms with Gasteiger partial charge >= 0.3 is 5.97 Å². The molecule has 3 heteroatoms. The predicted octanol–water partition coefficient (Wildman–Crippen LogP) is 2.38. The summed E-state index contributed by atoms with van der Waals surface area (Å²) in [5.41, 5.74) is 0. The van der Waals surface area contributed by atoms with Crippen LogP contribution in [0.2, 0.25) is 0 Å². The summed E-state index contributed by atoms with van der Waals surface area (Å²) in [6.07, 6.45) is 7.48. The van der Waals surface area contributed by atoms with Crippen LogP contribution in [0.25, 0.3) is 0 Å². The van der Waals surface area contributed by atoms with Crippen LogP contribution in [0.4, 0.5) is 0 Å². The van der Waals surface area contributed by atoms with E-state index < -0.39 is 5.97 Å². The van der Waals surface area contributed by atoms with E-state index in [1.54, 1.807) is 11.8 Å². The fraction of sp³-hybridized carbons (Fsp3) is 0.889. The Bertz CT molecular complexity index is 159. The van der Waals surface area contributed by atoms with E-state index in [-0.39, 0.29) is 5.92 Å². The average Bonchev–Trinajstić information content (AvgIpc) is 2.27. The number of carboxylic acid groups (broad SMARTS) is 1. The summed E-state index contributed by atoms with van der Waals surface area (Å²) in [6, 6.07) is 0. The molecule has 2 nitrogen and oxygen atoms in total. The second kappa shape index (κ2) is 4.75. The Morgan fingerprint density at radius 1 is 1.33 bits per heavy atom.